The first-order valence-electron chi connectivity index (χ1n) is 10.5. The van der Waals surface area contributed by atoms with Gasteiger partial charge in [0.05, 0.1) is 5.41 Å². The number of carbonyl (C=O) groups is 1. The van der Waals surface area contributed by atoms with Gasteiger partial charge in [-0.15, -0.1) is 0 Å². The van der Waals surface area contributed by atoms with E-state index in [1.807, 2.05) is 49.1 Å². The molecule has 6 nitrogen and oxygen atoms in total. The van der Waals surface area contributed by atoms with Crippen molar-refractivity contribution in [3.05, 3.63) is 58.8 Å². The molecule has 1 unspecified atom stereocenters. The van der Waals surface area contributed by atoms with Crippen LogP contribution in [-0.4, -0.2) is 51.2 Å². The van der Waals surface area contributed by atoms with Crippen molar-refractivity contribution in [2.24, 2.45) is 7.05 Å². The first-order valence-corrected chi connectivity index (χ1v) is 10.5. The summed E-state index contributed by atoms with van der Waals surface area (Å²) in [7, 11) is 4.02. The summed E-state index contributed by atoms with van der Waals surface area (Å²) in [6, 6.07) is 9.28. The van der Waals surface area contributed by atoms with Gasteiger partial charge in [0.2, 0.25) is 5.78 Å². The molecule has 0 radical (unpaired) electrons. The number of aromatic hydroxyl groups is 1. The normalized spacial score (nSPS) is 33.4. The number of carbonyl (C=O) groups excluding carboxylic acids is 1. The highest BCUT2D eigenvalue weighted by atomic mass is 16.5. The summed E-state index contributed by atoms with van der Waals surface area (Å²) >= 11 is 0. The number of aliphatic hydroxyl groups is 1. The molecule has 0 saturated carbocycles. The lowest BCUT2D eigenvalue weighted by atomic mass is 9.47. The maximum atomic E-state index is 13.8. The Labute approximate surface area is 173 Å². The number of ketones is 1. The van der Waals surface area contributed by atoms with E-state index >= 15 is 0 Å². The number of likely N-dealkylation sites (tertiary alicyclic amines) is 1. The van der Waals surface area contributed by atoms with Crippen LogP contribution in [0.1, 0.15) is 33.5 Å². The lowest BCUT2D eigenvalue weighted by molar-refractivity contribution is -0.164. The number of piperidine rings is 1. The van der Waals surface area contributed by atoms with Crippen LogP contribution in [0.25, 0.3) is 10.9 Å². The second-order valence-corrected chi connectivity index (χ2v) is 9.38. The van der Waals surface area contributed by atoms with E-state index < -0.39 is 17.1 Å². The van der Waals surface area contributed by atoms with Crippen LogP contribution in [0.3, 0.4) is 0 Å². The highest BCUT2D eigenvalue weighted by Gasteiger charge is 2.74. The molecule has 1 fully saturated rings. The minimum Gasteiger partial charge on any atom is -0.504 e. The zero-order chi connectivity index (χ0) is 20.6. The van der Waals surface area contributed by atoms with E-state index in [0.29, 0.717) is 29.7 Å². The Kier molecular flexibility index (Phi) is 2.76. The molecular formula is C24H22N2O4. The molecular weight excluding hydrogens is 380 g/mol. The summed E-state index contributed by atoms with van der Waals surface area (Å²) in [5.41, 5.74) is 1.96. The number of phenols is 1. The van der Waals surface area contributed by atoms with Crippen LogP contribution in [-0.2, 0) is 24.5 Å². The first kappa shape index (κ1) is 16.9. The molecule has 1 spiro atoms. The molecule has 1 saturated heterocycles. The Balaban J connectivity index is 1.65. The standard InChI is InChI=1S/C24H22N2O4/c1-25-7-5-12-9-14-15(11-16(12)25)24(29)18-10-13-3-4-17(27)21-19(13)23(24,6-8-26(18)2)22(30-21)20(14)28/h3-5,7,9,11,18,22,27,29H,6,8,10H2,1-2H3/t18?,22-,23-,24+/m0/s1. The third-order valence-electron chi connectivity index (χ3n) is 8.26. The zero-order valence-electron chi connectivity index (χ0n) is 16.8. The summed E-state index contributed by atoms with van der Waals surface area (Å²) in [5, 5.41) is 24.2. The molecule has 2 N–H and O–H groups in total. The SMILES string of the molecule is CN1CC[C@]23c4c5ccc(O)c4O[C@H]2C(=O)c2cc4ccn(C)c4cc2[C@@]3(O)C1C5. The number of aromatic nitrogens is 1. The first-order chi connectivity index (χ1) is 14.4. The van der Waals surface area contributed by atoms with Crippen molar-refractivity contribution in [1.82, 2.24) is 9.47 Å². The molecule has 152 valence electrons. The monoisotopic (exact) mass is 402 g/mol. The van der Waals surface area contributed by atoms with Crippen LogP contribution < -0.4 is 4.74 Å². The molecule has 2 aliphatic carbocycles. The van der Waals surface area contributed by atoms with E-state index in [1.165, 1.54) is 0 Å². The number of nitrogens with zero attached hydrogens (tertiary/aromatic N) is 2. The van der Waals surface area contributed by atoms with Gasteiger partial charge in [-0.05, 0) is 61.8 Å². The van der Waals surface area contributed by atoms with E-state index in [-0.39, 0.29) is 17.6 Å². The predicted octanol–water partition coefficient (Wildman–Crippen LogP) is 2.23. The Morgan fingerprint density at radius 1 is 1.20 bits per heavy atom. The molecule has 6 heteroatoms. The average Bonchev–Trinajstić information content (AvgIpc) is 3.27. The molecule has 2 aromatic carbocycles. The Morgan fingerprint density at radius 2 is 2.03 bits per heavy atom. The molecule has 7 rings (SSSR count). The number of likely N-dealkylation sites (N-methyl/N-ethyl adjacent to an activating group) is 1. The average molecular weight is 402 g/mol. The highest BCUT2D eigenvalue weighted by molar-refractivity contribution is 6.08. The Hall–Kier alpha value is -2.83. The van der Waals surface area contributed by atoms with Crippen LogP contribution >= 0.6 is 0 Å². The second-order valence-electron chi connectivity index (χ2n) is 9.38. The topological polar surface area (TPSA) is 74.9 Å². The van der Waals surface area contributed by atoms with Crippen LogP contribution in [0.5, 0.6) is 11.5 Å². The van der Waals surface area contributed by atoms with Gasteiger partial charge in [0.15, 0.2) is 17.6 Å². The highest BCUT2D eigenvalue weighted by Crippen LogP contribution is 2.67. The molecule has 3 heterocycles. The number of hydrogen-bond donors (Lipinski definition) is 2. The Morgan fingerprint density at radius 3 is 2.87 bits per heavy atom. The summed E-state index contributed by atoms with van der Waals surface area (Å²) < 4.78 is 8.23. The van der Waals surface area contributed by atoms with Gasteiger partial charge in [0.25, 0.3) is 0 Å². The van der Waals surface area contributed by atoms with Crippen molar-refractivity contribution in [3.8, 4) is 11.5 Å². The molecule has 3 aromatic rings. The summed E-state index contributed by atoms with van der Waals surface area (Å²) in [4.78, 5) is 16.0. The number of hydrogen-bond acceptors (Lipinski definition) is 5. The predicted molar refractivity (Wildman–Crippen MR) is 110 cm³/mol. The van der Waals surface area contributed by atoms with Gasteiger partial charge in [-0.2, -0.15) is 0 Å². The van der Waals surface area contributed by atoms with E-state index in [4.69, 9.17) is 4.74 Å². The molecule has 4 aliphatic rings. The van der Waals surface area contributed by atoms with Gasteiger partial charge in [0, 0.05) is 41.3 Å². The minimum absolute atomic E-state index is 0.0410. The van der Waals surface area contributed by atoms with E-state index in [9.17, 15) is 15.0 Å². The number of benzene rings is 2. The number of phenolic OH excluding ortho intramolecular Hbond substituents is 1. The fourth-order valence-corrected chi connectivity index (χ4v) is 6.89. The van der Waals surface area contributed by atoms with Crippen LogP contribution in [0.4, 0.5) is 0 Å². The Bertz CT molecular complexity index is 1310. The van der Waals surface area contributed by atoms with E-state index in [2.05, 4.69) is 4.90 Å². The van der Waals surface area contributed by atoms with Crippen molar-refractivity contribution in [1.29, 1.82) is 0 Å². The number of aryl methyl sites for hydroxylation is 1. The maximum Gasteiger partial charge on any atom is 0.204 e. The number of Topliss-reactive ketones (excluding diaryl/α,β-unsaturated/α-hetero) is 1. The molecule has 30 heavy (non-hydrogen) atoms. The fourth-order valence-electron chi connectivity index (χ4n) is 6.89. The number of rotatable bonds is 0. The van der Waals surface area contributed by atoms with Crippen molar-refractivity contribution in [3.63, 3.8) is 0 Å². The van der Waals surface area contributed by atoms with Crippen molar-refractivity contribution in [2.45, 2.75) is 36.0 Å². The third-order valence-corrected chi connectivity index (χ3v) is 8.26. The second kappa shape index (κ2) is 4.90. The summed E-state index contributed by atoms with van der Waals surface area (Å²) in [6.45, 7) is 0.760. The number of ether oxygens (including phenoxy) is 1. The van der Waals surface area contributed by atoms with Gasteiger partial charge in [-0.25, -0.2) is 0 Å². The molecule has 2 aliphatic heterocycles. The van der Waals surface area contributed by atoms with E-state index in [0.717, 1.165) is 28.6 Å². The maximum absolute atomic E-state index is 13.8. The smallest absolute Gasteiger partial charge is 0.204 e. The molecule has 4 atom stereocenters. The molecule has 2 bridgehead atoms. The minimum atomic E-state index is -1.28. The fraction of sp³-hybridized carbons (Fsp3) is 0.375. The van der Waals surface area contributed by atoms with Crippen molar-refractivity contribution >= 4 is 16.7 Å². The lowest BCUT2D eigenvalue weighted by Gasteiger charge is -2.62. The molecule has 1 aromatic heterocycles. The van der Waals surface area contributed by atoms with Gasteiger partial charge in [0.1, 0.15) is 5.60 Å². The van der Waals surface area contributed by atoms with Gasteiger partial charge in [-0.3, -0.25) is 9.69 Å². The third kappa shape index (κ3) is 1.53. The number of fused-ring (bicyclic) bond motifs is 2. The van der Waals surface area contributed by atoms with Gasteiger partial charge in [-0.1, -0.05) is 6.07 Å². The van der Waals surface area contributed by atoms with Crippen molar-refractivity contribution in [2.75, 3.05) is 13.6 Å². The summed E-state index contributed by atoms with van der Waals surface area (Å²) in [6.07, 6.45) is 2.39. The molecule has 0 amide bonds. The van der Waals surface area contributed by atoms with Crippen LogP contribution in [0, 0.1) is 0 Å². The quantitative estimate of drug-likeness (QED) is 0.603. The van der Waals surface area contributed by atoms with Crippen LogP contribution in [0.15, 0.2) is 36.5 Å². The zero-order valence-corrected chi connectivity index (χ0v) is 16.8. The van der Waals surface area contributed by atoms with E-state index in [1.54, 1.807) is 6.07 Å². The largest absolute Gasteiger partial charge is 0.504 e. The lowest BCUT2D eigenvalue weighted by Crippen LogP contribution is -2.74. The van der Waals surface area contributed by atoms with Gasteiger partial charge >= 0.3 is 0 Å². The van der Waals surface area contributed by atoms with Gasteiger partial charge < -0.3 is 19.5 Å². The summed E-state index contributed by atoms with van der Waals surface area (Å²) in [5.74, 6) is 0.316. The van der Waals surface area contributed by atoms with Crippen molar-refractivity contribution < 1.29 is 19.7 Å². The van der Waals surface area contributed by atoms with Crippen LogP contribution in [0.2, 0.25) is 0 Å².